The van der Waals surface area contributed by atoms with E-state index in [2.05, 4.69) is 10.1 Å². The Labute approximate surface area is 127 Å². The molecule has 0 aliphatic carbocycles. The summed E-state index contributed by atoms with van der Waals surface area (Å²) in [5.41, 5.74) is 0. The van der Waals surface area contributed by atoms with E-state index in [0.29, 0.717) is 16.2 Å². The summed E-state index contributed by atoms with van der Waals surface area (Å²) in [6, 6.07) is -1.76. The van der Waals surface area contributed by atoms with Crippen molar-refractivity contribution in [1.29, 1.82) is 0 Å². The Morgan fingerprint density at radius 3 is 2.23 bits per heavy atom. The molecule has 1 aliphatic heterocycles. The van der Waals surface area contributed by atoms with Crippen LogP contribution in [-0.4, -0.2) is 66.3 Å². The second kappa shape index (κ2) is 7.01. The van der Waals surface area contributed by atoms with E-state index < -0.39 is 42.3 Å². The van der Waals surface area contributed by atoms with Crippen molar-refractivity contribution in [2.45, 2.75) is 26.3 Å². The van der Waals surface area contributed by atoms with Crippen LogP contribution < -0.4 is 5.32 Å². The molecule has 0 aromatic heterocycles. The van der Waals surface area contributed by atoms with Crippen molar-refractivity contribution >= 4 is 29.7 Å². The Morgan fingerprint density at radius 2 is 1.82 bits per heavy atom. The van der Waals surface area contributed by atoms with Gasteiger partial charge in [-0.05, 0) is 5.92 Å². The maximum Gasteiger partial charge on any atom is 0.334 e. The fraction of sp³-hybridized carbons (Fsp3) is 0.615. The maximum atomic E-state index is 12.0. The van der Waals surface area contributed by atoms with Crippen molar-refractivity contribution in [2.75, 3.05) is 20.7 Å². The Balaban J connectivity index is 2.76. The van der Waals surface area contributed by atoms with Crippen molar-refractivity contribution in [1.82, 2.24) is 15.1 Å². The minimum atomic E-state index is -1.07. The van der Waals surface area contributed by atoms with Gasteiger partial charge >= 0.3 is 23.8 Å². The molecule has 0 aromatic rings. The topological polar surface area (TPSA) is 113 Å². The normalized spacial score (nSPS) is 17.5. The molecular weight excluding hydrogens is 294 g/mol. The van der Waals surface area contributed by atoms with Gasteiger partial charge in [-0.1, -0.05) is 20.3 Å². The smallest absolute Gasteiger partial charge is 0.334 e. The highest BCUT2D eigenvalue weighted by atomic mass is 16.5. The SMILES string of the molecule is CC[C@@H](C)[C@@H](NC(=O)CN1C(=O)C(=O)N(C)C1=O)C(=O)OC. The van der Waals surface area contributed by atoms with Crippen LogP contribution in [0.3, 0.4) is 0 Å². The summed E-state index contributed by atoms with van der Waals surface area (Å²) in [7, 11) is 2.35. The minimum absolute atomic E-state index is 0.189. The predicted octanol–water partition coefficient (Wildman–Crippen LogP) is -0.889. The number of carbonyl (C=O) groups is 5. The highest BCUT2D eigenvalue weighted by molar-refractivity contribution is 6.44. The van der Waals surface area contributed by atoms with Crippen molar-refractivity contribution in [2.24, 2.45) is 5.92 Å². The van der Waals surface area contributed by atoms with Crippen LogP contribution in [0.25, 0.3) is 0 Å². The first kappa shape index (κ1) is 17.6. The number of urea groups is 1. The van der Waals surface area contributed by atoms with Crippen molar-refractivity contribution in [3.05, 3.63) is 0 Å². The fourth-order valence-electron chi connectivity index (χ4n) is 1.91. The summed E-state index contributed by atoms with van der Waals surface area (Å²) >= 11 is 0. The summed E-state index contributed by atoms with van der Waals surface area (Å²) in [5.74, 6) is -3.59. The van der Waals surface area contributed by atoms with Crippen molar-refractivity contribution in [3.63, 3.8) is 0 Å². The first-order chi connectivity index (χ1) is 10.2. The second-order valence-electron chi connectivity index (χ2n) is 4.99. The molecule has 1 N–H and O–H groups in total. The summed E-state index contributed by atoms with van der Waals surface area (Å²) in [6.07, 6.45) is 0.614. The van der Waals surface area contributed by atoms with E-state index in [0.717, 1.165) is 7.05 Å². The molecule has 5 amide bonds. The van der Waals surface area contributed by atoms with Gasteiger partial charge in [-0.25, -0.2) is 14.5 Å². The molecule has 9 heteroatoms. The van der Waals surface area contributed by atoms with E-state index in [1.807, 2.05) is 6.92 Å². The third-order valence-electron chi connectivity index (χ3n) is 3.54. The van der Waals surface area contributed by atoms with Crippen LogP contribution >= 0.6 is 0 Å². The van der Waals surface area contributed by atoms with E-state index in [4.69, 9.17) is 0 Å². The number of ether oxygens (including phenoxy) is 1. The van der Waals surface area contributed by atoms with Crippen LogP contribution in [-0.2, 0) is 23.9 Å². The molecular formula is C13H19N3O6. The first-order valence-electron chi connectivity index (χ1n) is 6.75. The van der Waals surface area contributed by atoms with Crippen molar-refractivity contribution in [3.8, 4) is 0 Å². The number of hydrogen-bond acceptors (Lipinski definition) is 6. The molecule has 1 aliphatic rings. The summed E-state index contributed by atoms with van der Waals surface area (Å²) in [6.45, 7) is 2.97. The van der Waals surface area contributed by atoms with E-state index in [9.17, 15) is 24.0 Å². The number of likely N-dealkylation sites (N-methyl/N-ethyl adjacent to an activating group) is 1. The van der Waals surface area contributed by atoms with Gasteiger partial charge in [-0.3, -0.25) is 19.3 Å². The molecule has 0 unspecified atom stereocenters. The van der Waals surface area contributed by atoms with E-state index in [1.54, 1.807) is 6.92 Å². The summed E-state index contributed by atoms with van der Waals surface area (Å²) in [5, 5.41) is 2.43. The molecule has 0 saturated carbocycles. The minimum Gasteiger partial charge on any atom is -0.467 e. The van der Waals surface area contributed by atoms with Crippen LogP contribution in [0.5, 0.6) is 0 Å². The van der Waals surface area contributed by atoms with Gasteiger partial charge < -0.3 is 10.1 Å². The van der Waals surface area contributed by atoms with Gasteiger partial charge in [0, 0.05) is 7.05 Å². The number of imide groups is 2. The van der Waals surface area contributed by atoms with Gasteiger partial charge in [0.25, 0.3) is 0 Å². The lowest BCUT2D eigenvalue weighted by Gasteiger charge is -2.22. The number of rotatable bonds is 6. The molecule has 9 nitrogen and oxygen atoms in total. The summed E-state index contributed by atoms with van der Waals surface area (Å²) in [4.78, 5) is 59.4. The largest absolute Gasteiger partial charge is 0.467 e. The number of hydrogen-bond donors (Lipinski definition) is 1. The van der Waals surface area contributed by atoms with Crippen molar-refractivity contribution < 1.29 is 28.7 Å². The van der Waals surface area contributed by atoms with Crippen LogP contribution in [0.1, 0.15) is 20.3 Å². The predicted molar refractivity (Wildman–Crippen MR) is 73.3 cm³/mol. The second-order valence-corrected chi connectivity index (χ2v) is 4.99. The number of carbonyl (C=O) groups excluding carboxylic acids is 5. The van der Waals surface area contributed by atoms with Gasteiger partial charge in [0.2, 0.25) is 5.91 Å². The van der Waals surface area contributed by atoms with Crippen LogP contribution in [0.15, 0.2) is 0 Å². The van der Waals surface area contributed by atoms with Crippen LogP contribution in [0, 0.1) is 5.92 Å². The summed E-state index contributed by atoms with van der Waals surface area (Å²) < 4.78 is 4.62. The van der Waals surface area contributed by atoms with E-state index >= 15 is 0 Å². The lowest BCUT2D eigenvalue weighted by molar-refractivity contribution is -0.147. The number of amides is 5. The zero-order valence-electron chi connectivity index (χ0n) is 12.9. The Hall–Kier alpha value is -2.45. The number of nitrogens with zero attached hydrogens (tertiary/aromatic N) is 2. The molecule has 1 fully saturated rings. The van der Waals surface area contributed by atoms with E-state index in [1.165, 1.54) is 7.11 Å². The highest BCUT2D eigenvalue weighted by Crippen LogP contribution is 2.11. The molecule has 122 valence electrons. The molecule has 22 heavy (non-hydrogen) atoms. The lowest BCUT2D eigenvalue weighted by atomic mass is 9.99. The first-order valence-corrected chi connectivity index (χ1v) is 6.75. The third kappa shape index (κ3) is 3.41. The fourth-order valence-corrected chi connectivity index (χ4v) is 1.91. The average molecular weight is 313 g/mol. The highest BCUT2D eigenvalue weighted by Gasteiger charge is 2.43. The standard InChI is InChI=1S/C13H19N3O6/c1-5-7(2)9(12(20)22-4)14-8(17)6-16-11(19)10(18)15(3)13(16)21/h7,9H,5-6H2,1-4H3,(H,14,17)/t7-,9-/m1/s1. The zero-order chi connectivity index (χ0) is 17.0. The average Bonchev–Trinajstić information content (AvgIpc) is 2.69. The van der Waals surface area contributed by atoms with E-state index in [-0.39, 0.29) is 5.92 Å². The molecule has 0 aromatic carbocycles. The number of methoxy groups -OCH3 is 1. The monoisotopic (exact) mass is 313 g/mol. The van der Waals surface area contributed by atoms with Gasteiger partial charge in [0.15, 0.2) is 0 Å². The molecule has 2 atom stereocenters. The molecule has 1 saturated heterocycles. The Morgan fingerprint density at radius 1 is 1.23 bits per heavy atom. The maximum absolute atomic E-state index is 12.0. The Kier molecular flexibility index (Phi) is 5.61. The molecule has 1 rings (SSSR count). The lowest BCUT2D eigenvalue weighted by Crippen LogP contribution is -2.50. The molecule has 0 bridgehead atoms. The quantitative estimate of drug-likeness (QED) is 0.387. The van der Waals surface area contributed by atoms with Gasteiger partial charge in [-0.15, -0.1) is 0 Å². The number of nitrogens with one attached hydrogen (secondary N) is 1. The molecule has 1 heterocycles. The number of esters is 1. The molecule has 0 radical (unpaired) electrons. The molecule has 0 spiro atoms. The van der Waals surface area contributed by atoms with Gasteiger partial charge in [0.05, 0.1) is 7.11 Å². The Bertz CT molecular complexity index is 518. The van der Waals surface area contributed by atoms with Crippen LogP contribution in [0.2, 0.25) is 0 Å². The van der Waals surface area contributed by atoms with Crippen LogP contribution in [0.4, 0.5) is 4.79 Å². The third-order valence-corrected chi connectivity index (χ3v) is 3.54. The van der Waals surface area contributed by atoms with Gasteiger partial charge in [0.1, 0.15) is 12.6 Å². The van der Waals surface area contributed by atoms with Gasteiger partial charge in [-0.2, -0.15) is 0 Å². The zero-order valence-corrected chi connectivity index (χ0v) is 12.9.